The van der Waals surface area contributed by atoms with E-state index < -0.39 is 5.97 Å². The van der Waals surface area contributed by atoms with Crippen molar-refractivity contribution < 1.29 is 19.3 Å². The molecule has 27 heavy (non-hydrogen) atoms. The number of carboxylic acids is 1. The molecule has 6 nitrogen and oxygen atoms in total. The molecule has 4 rings (SSSR count). The zero-order valence-corrected chi connectivity index (χ0v) is 14.9. The molecule has 0 unspecified atom stereocenters. The first-order chi connectivity index (χ1) is 13.1. The average molecular weight is 365 g/mol. The number of aryl methyl sites for hydroxylation is 1. The third-order valence-electron chi connectivity index (χ3n) is 5.00. The number of pyridine rings is 1. The summed E-state index contributed by atoms with van der Waals surface area (Å²) in [4.78, 5) is 28.4. The zero-order valence-electron chi connectivity index (χ0n) is 14.9. The molecular weight excluding hydrogens is 344 g/mol. The van der Waals surface area contributed by atoms with Crippen LogP contribution in [0.1, 0.15) is 24.8 Å². The molecule has 0 saturated carbocycles. The van der Waals surface area contributed by atoms with Crippen LogP contribution >= 0.6 is 0 Å². The van der Waals surface area contributed by atoms with Crippen molar-refractivity contribution in [3.05, 3.63) is 58.7 Å². The lowest BCUT2D eigenvalue weighted by Gasteiger charge is -2.31. The third-order valence-corrected chi connectivity index (χ3v) is 5.00. The minimum Gasteiger partial charge on any atom is -0.481 e. The second-order valence-electron chi connectivity index (χ2n) is 6.84. The van der Waals surface area contributed by atoms with Gasteiger partial charge in [0.25, 0.3) is 0 Å². The number of nitrogens with one attached hydrogen (secondary N) is 1. The van der Waals surface area contributed by atoms with Gasteiger partial charge in [-0.2, -0.15) is 0 Å². The summed E-state index contributed by atoms with van der Waals surface area (Å²) in [6.07, 6.45) is 6.31. The number of anilines is 1. The lowest BCUT2D eigenvalue weighted by Crippen LogP contribution is -2.30. The summed E-state index contributed by atoms with van der Waals surface area (Å²) in [5, 5.41) is 9.77. The highest BCUT2D eigenvalue weighted by molar-refractivity contribution is 5.86. The fraction of sp³-hybridized carbons (Fsp3) is 0.286. The standard InChI is InChI=1S/C21H20N2O4/c24-20(25)4-2-10-23-9-1-3-15-11-16-12-17(14-5-7-22-8-6-14)21(26)27-19(16)13-18(15)23/h5-8,11-13H,1-4,9-10H2,(H,24,25)/p+1. The Bertz CT molecular complexity index is 1040. The number of hydrogen-bond donors (Lipinski definition) is 1. The Balaban J connectivity index is 1.72. The molecule has 138 valence electrons. The SMILES string of the molecule is O=C(O)CCCN1CCCc2cc3cc(-c4cc[nH+]cc4)c(=O)oc3cc21. The molecular formula is C21H21N2O4+. The lowest BCUT2D eigenvalue weighted by molar-refractivity contribution is -0.377. The van der Waals surface area contributed by atoms with Crippen LogP contribution in [-0.4, -0.2) is 24.2 Å². The number of nitrogens with zero attached hydrogens (tertiary/aromatic N) is 1. The van der Waals surface area contributed by atoms with Crippen molar-refractivity contribution >= 4 is 22.6 Å². The van der Waals surface area contributed by atoms with E-state index in [4.69, 9.17) is 9.52 Å². The molecule has 2 aromatic heterocycles. The van der Waals surface area contributed by atoms with E-state index in [1.165, 1.54) is 5.56 Å². The molecule has 2 N–H and O–H groups in total. The van der Waals surface area contributed by atoms with E-state index in [0.29, 0.717) is 24.1 Å². The van der Waals surface area contributed by atoms with Crippen LogP contribution in [0.3, 0.4) is 0 Å². The maximum Gasteiger partial charge on any atom is 0.344 e. The first-order valence-corrected chi connectivity index (χ1v) is 9.16. The molecule has 1 aliphatic rings. The van der Waals surface area contributed by atoms with Crippen LogP contribution in [0.25, 0.3) is 22.1 Å². The predicted octanol–water partition coefficient (Wildman–Crippen LogP) is 2.89. The molecule has 0 fully saturated rings. The molecule has 0 bridgehead atoms. The van der Waals surface area contributed by atoms with E-state index in [1.54, 1.807) is 12.4 Å². The number of carbonyl (C=O) groups is 1. The fourth-order valence-electron chi connectivity index (χ4n) is 3.70. The van der Waals surface area contributed by atoms with Gasteiger partial charge in [0, 0.05) is 54.3 Å². The minimum absolute atomic E-state index is 0.159. The number of carboxylic acid groups (broad SMARTS) is 1. The number of benzene rings is 1. The van der Waals surface area contributed by atoms with Gasteiger partial charge in [-0.1, -0.05) is 0 Å². The molecule has 1 aliphatic heterocycles. The molecule has 0 atom stereocenters. The Hall–Kier alpha value is -3.15. The quantitative estimate of drug-likeness (QED) is 0.703. The summed E-state index contributed by atoms with van der Waals surface area (Å²) < 4.78 is 5.62. The van der Waals surface area contributed by atoms with Crippen molar-refractivity contribution in [1.29, 1.82) is 0 Å². The second-order valence-corrected chi connectivity index (χ2v) is 6.84. The first-order valence-electron chi connectivity index (χ1n) is 9.16. The molecule has 0 saturated heterocycles. The van der Waals surface area contributed by atoms with Gasteiger partial charge >= 0.3 is 11.6 Å². The van der Waals surface area contributed by atoms with Gasteiger partial charge in [0.15, 0.2) is 12.4 Å². The summed E-state index contributed by atoms with van der Waals surface area (Å²) >= 11 is 0. The van der Waals surface area contributed by atoms with Crippen LogP contribution in [0, 0.1) is 0 Å². The molecule has 3 heterocycles. The Morgan fingerprint density at radius 1 is 1.22 bits per heavy atom. The molecule has 0 radical (unpaired) electrons. The van der Waals surface area contributed by atoms with Crippen molar-refractivity contribution in [3.8, 4) is 11.1 Å². The summed E-state index contributed by atoms with van der Waals surface area (Å²) in [6.45, 7) is 1.58. The molecule has 3 aromatic rings. The van der Waals surface area contributed by atoms with Crippen molar-refractivity contribution in [2.45, 2.75) is 25.7 Å². The minimum atomic E-state index is -0.775. The van der Waals surface area contributed by atoms with Crippen molar-refractivity contribution in [2.75, 3.05) is 18.0 Å². The molecule has 0 aliphatic carbocycles. The van der Waals surface area contributed by atoms with Gasteiger partial charge in [-0.25, -0.2) is 9.78 Å². The lowest BCUT2D eigenvalue weighted by atomic mass is 9.98. The topological polar surface area (TPSA) is 84.9 Å². The molecule has 0 spiro atoms. The number of aromatic nitrogens is 1. The largest absolute Gasteiger partial charge is 0.481 e. The van der Waals surface area contributed by atoms with E-state index in [1.807, 2.05) is 24.3 Å². The fourth-order valence-corrected chi connectivity index (χ4v) is 3.70. The molecule has 0 amide bonds. The van der Waals surface area contributed by atoms with E-state index >= 15 is 0 Å². The zero-order chi connectivity index (χ0) is 18.8. The van der Waals surface area contributed by atoms with Crippen LogP contribution < -0.4 is 15.5 Å². The van der Waals surface area contributed by atoms with Gasteiger partial charge in [-0.05, 0) is 37.0 Å². The highest BCUT2D eigenvalue weighted by atomic mass is 16.4. The van der Waals surface area contributed by atoms with Crippen LogP contribution in [0.15, 0.2) is 51.9 Å². The van der Waals surface area contributed by atoms with Crippen molar-refractivity contribution in [2.24, 2.45) is 0 Å². The van der Waals surface area contributed by atoms with Crippen LogP contribution in [0.5, 0.6) is 0 Å². The summed E-state index contributed by atoms with van der Waals surface area (Å²) in [7, 11) is 0. The average Bonchev–Trinajstić information content (AvgIpc) is 2.67. The smallest absolute Gasteiger partial charge is 0.344 e. The second kappa shape index (κ2) is 7.23. The van der Waals surface area contributed by atoms with Crippen LogP contribution in [0.4, 0.5) is 5.69 Å². The maximum absolute atomic E-state index is 12.5. The van der Waals surface area contributed by atoms with E-state index in [-0.39, 0.29) is 12.0 Å². The van der Waals surface area contributed by atoms with Gasteiger partial charge < -0.3 is 14.4 Å². The van der Waals surface area contributed by atoms with Crippen molar-refractivity contribution in [3.63, 3.8) is 0 Å². The number of aliphatic carboxylic acids is 1. The number of fused-ring (bicyclic) bond motifs is 2. The highest BCUT2D eigenvalue weighted by Crippen LogP contribution is 2.32. The number of rotatable bonds is 5. The van der Waals surface area contributed by atoms with Gasteiger partial charge in [0.2, 0.25) is 0 Å². The van der Waals surface area contributed by atoms with E-state index in [2.05, 4.69) is 16.0 Å². The van der Waals surface area contributed by atoms with Crippen LogP contribution in [0.2, 0.25) is 0 Å². The Morgan fingerprint density at radius 2 is 2.04 bits per heavy atom. The van der Waals surface area contributed by atoms with Crippen molar-refractivity contribution in [1.82, 2.24) is 0 Å². The number of hydrogen-bond acceptors (Lipinski definition) is 4. The van der Waals surface area contributed by atoms with E-state index in [9.17, 15) is 9.59 Å². The number of aromatic amines is 1. The highest BCUT2D eigenvalue weighted by Gasteiger charge is 2.19. The van der Waals surface area contributed by atoms with Gasteiger partial charge in [0.1, 0.15) is 5.58 Å². The maximum atomic E-state index is 12.5. The van der Waals surface area contributed by atoms with E-state index in [0.717, 1.165) is 36.0 Å². The summed E-state index contributed by atoms with van der Waals surface area (Å²) in [6, 6.07) is 9.60. The summed E-state index contributed by atoms with van der Waals surface area (Å²) in [5.74, 6) is -0.775. The molecule has 1 aromatic carbocycles. The van der Waals surface area contributed by atoms with Gasteiger partial charge in [-0.3, -0.25) is 4.79 Å². The number of H-pyrrole nitrogens is 1. The first kappa shape index (κ1) is 17.3. The third kappa shape index (κ3) is 3.56. The van der Waals surface area contributed by atoms with Gasteiger partial charge in [-0.15, -0.1) is 0 Å². The normalized spacial score (nSPS) is 13.6. The molecule has 6 heteroatoms. The van der Waals surface area contributed by atoms with Crippen LogP contribution in [-0.2, 0) is 11.2 Å². The predicted molar refractivity (Wildman–Crippen MR) is 102 cm³/mol. The Kier molecular flexibility index (Phi) is 4.62. The Labute approximate surface area is 156 Å². The Morgan fingerprint density at radius 3 is 2.81 bits per heavy atom. The monoisotopic (exact) mass is 365 g/mol. The van der Waals surface area contributed by atoms with Gasteiger partial charge in [0.05, 0.1) is 5.56 Å². The summed E-state index contributed by atoms with van der Waals surface area (Å²) in [5.41, 5.74) is 3.83.